The van der Waals surface area contributed by atoms with E-state index in [4.69, 9.17) is 16.2 Å². The van der Waals surface area contributed by atoms with Crippen molar-refractivity contribution < 1.29 is 14.3 Å². The van der Waals surface area contributed by atoms with Crippen LogP contribution in [-0.4, -0.2) is 31.6 Å². The summed E-state index contributed by atoms with van der Waals surface area (Å²) in [6.45, 7) is 0.395. The predicted octanol–water partition coefficient (Wildman–Crippen LogP) is 0.0878. The predicted molar refractivity (Wildman–Crippen MR) is 68.1 cm³/mol. The molecule has 0 aliphatic heterocycles. The number of rotatable bonds is 6. The number of carbonyl (C=O) groups excluding carboxylic acids is 2. The lowest BCUT2D eigenvalue weighted by atomic mass is 10.1. The van der Waals surface area contributed by atoms with Crippen LogP contribution < -0.4 is 16.8 Å². The van der Waals surface area contributed by atoms with Crippen molar-refractivity contribution in [2.24, 2.45) is 11.5 Å². The van der Waals surface area contributed by atoms with Crippen LogP contribution in [0.3, 0.4) is 0 Å². The maximum Gasteiger partial charge on any atom is 0.250 e. The van der Waals surface area contributed by atoms with Crippen LogP contribution in [-0.2, 0) is 9.53 Å². The molecular weight excluding hydrogens is 234 g/mol. The molecule has 0 saturated heterocycles. The molecule has 6 heteroatoms. The lowest BCUT2D eigenvalue weighted by molar-refractivity contribution is -0.117. The largest absolute Gasteiger partial charge is 0.385 e. The Morgan fingerprint density at radius 1 is 1.39 bits per heavy atom. The molecule has 0 saturated carbocycles. The summed E-state index contributed by atoms with van der Waals surface area (Å²) in [5.41, 5.74) is 11.5. The molecule has 1 unspecified atom stereocenters. The SMILES string of the molecule is COCCC(N)C(=O)Nc1ccccc1C(N)=O. The maximum atomic E-state index is 11.7. The van der Waals surface area contributed by atoms with E-state index in [0.29, 0.717) is 18.7 Å². The summed E-state index contributed by atoms with van der Waals surface area (Å²) >= 11 is 0. The van der Waals surface area contributed by atoms with Gasteiger partial charge in [-0.3, -0.25) is 9.59 Å². The normalized spacial score (nSPS) is 11.9. The van der Waals surface area contributed by atoms with Crippen molar-refractivity contribution >= 4 is 17.5 Å². The van der Waals surface area contributed by atoms with Crippen molar-refractivity contribution in [1.82, 2.24) is 0 Å². The number of hydrogen-bond acceptors (Lipinski definition) is 4. The number of para-hydroxylation sites is 1. The first kappa shape index (κ1) is 14.1. The van der Waals surface area contributed by atoms with Gasteiger partial charge in [-0.05, 0) is 18.6 Å². The summed E-state index contributed by atoms with van der Waals surface area (Å²) in [5.74, 6) is -0.975. The van der Waals surface area contributed by atoms with E-state index in [1.807, 2.05) is 0 Å². The van der Waals surface area contributed by atoms with Crippen molar-refractivity contribution in [2.75, 3.05) is 19.0 Å². The van der Waals surface area contributed by atoms with Crippen LogP contribution in [0.4, 0.5) is 5.69 Å². The zero-order valence-corrected chi connectivity index (χ0v) is 10.2. The second kappa shape index (κ2) is 6.73. The second-order valence-corrected chi connectivity index (χ2v) is 3.79. The third kappa shape index (κ3) is 3.83. The molecule has 18 heavy (non-hydrogen) atoms. The number of amides is 2. The minimum Gasteiger partial charge on any atom is -0.385 e. The summed E-state index contributed by atoms with van der Waals surface area (Å²) in [6.07, 6.45) is 0.404. The lowest BCUT2D eigenvalue weighted by Gasteiger charge is -2.13. The van der Waals surface area contributed by atoms with Crippen LogP contribution in [0.1, 0.15) is 16.8 Å². The van der Waals surface area contributed by atoms with Gasteiger partial charge in [0.2, 0.25) is 5.91 Å². The highest BCUT2D eigenvalue weighted by molar-refractivity contribution is 6.04. The number of nitrogens with two attached hydrogens (primary N) is 2. The number of ether oxygens (including phenoxy) is 1. The van der Waals surface area contributed by atoms with Crippen molar-refractivity contribution in [3.05, 3.63) is 29.8 Å². The fraction of sp³-hybridized carbons (Fsp3) is 0.333. The first-order valence-electron chi connectivity index (χ1n) is 5.50. The van der Waals surface area contributed by atoms with E-state index in [2.05, 4.69) is 5.32 Å². The van der Waals surface area contributed by atoms with E-state index in [9.17, 15) is 9.59 Å². The van der Waals surface area contributed by atoms with E-state index in [0.717, 1.165) is 0 Å². The third-order valence-electron chi connectivity index (χ3n) is 2.42. The summed E-state index contributed by atoms with van der Waals surface area (Å²) in [7, 11) is 1.53. The first-order valence-corrected chi connectivity index (χ1v) is 5.50. The Morgan fingerprint density at radius 2 is 2.06 bits per heavy atom. The smallest absolute Gasteiger partial charge is 0.250 e. The molecule has 1 aromatic carbocycles. The molecule has 5 N–H and O–H groups in total. The average Bonchev–Trinajstić information content (AvgIpc) is 2.36. The van der Waals surface area contributed by atoms with E-state index in [1.165, 1.54) is 7.11 Å². The van der Waals surface area contributed by atoms with Crippen molar-refractivity contribution in [3.63, 3.8) is 0 Å². The van der Waals surface area contributed by atoms with Crippen LogP contribution in [0.2, 0.25) is 0 Å². The topological polar surface area (TPSA) is 107 Å². The van der Waals surface area contributed by atoms with Crippen LogP contribution in [0.25, 0.3) is 0 Å². The fourth-order valence-electron chi connectivity index (χ4n) is 1.41. The van der Waals surface area contributed by atoms with Gasteiger partial charge in [0, 0.05) is 13.7 Å². The Hall–Kier alpha value is -1.92. The van der Waals surface area contributed by atoms with Gasteiger partial charge in [-0.1, -0.05) is 12.1 Å². The Balaban J connectivity index is 2.72. The van der Waals surface area contributed by atoms with Crippen LogP contribution in [0.15, 0.2) is 24.3 Å². The molecule has 0 spiro atoms. The van der Waals surface area contributed by atoms with Gasteiger partial charge < -0.3 is 21.5 Å². The molecule has 2 amide bonds. The highest BCUT2D eigenvalue weighted by atomic mass is 16.5. The summed E-state index contributed by atoms with van der Waals surface area (Å²) in [6, 6.07) is 5.81. The second-order valence-electron chi connectivity index (χ2n) is 3.79. The average molecular weight is 251 g/mol. The van der Waals surface area contributed by atoms with Gasteiger partial charge in [0.05, 0.1) is 17.3 Å². The monoisotopic (exact) mass is 251 g/mol. The number of methoxy groups -OCH3 is 1. The van der Waals surface area contributed by atoms with E-state index >= 15 is 0 Å². The third-order valence-corrected chi connectivity index (χ3v) is 2.42. The molecule has 0 aliphatic carbocycles. The number of hydrogen-bond donors (Lipinski definition) is 3. The Labute approximate surface area is 105 Å². The number of nitrogens with one attached hydrogen (secondary N) is 1. The molecule has 0 bridgehead atoms. The molecule has 0 aromatic heterocycles. The fourth-order valence-corrected chi connectivity index (χ4v) is 1.41. The lowest BCUT2D eigenvalue weighted by Crippen LogP contribution is -2.37. The van der Waals surface area contributed by atoms with Crippen LogP contribution in [0.5, 0.6) is 0 Å². The van der Waals surface area contributed by atoms with Crippen LogP contribution >= 0.6 is 0 Å². The molecule has 98 valence electrons. The van der Waals surface area contributed by atoms with Crippen molar-refractivity contribution in [3.8, 4) is 0 Å². The Morgan fingerprint density at radius 3 is 2.67 bits per heavy atom. The van der Waals surface area contributed by atoms with Crippen LogP contribution in [0, 0.1) is 0 Å². The summed E-state index contributed by atoms with van der Waals surface area (Å²) in [5, 5.41) is 2.58. The van der Waals surface area contributed by atoms with E-state index in [-0.39, 0.29) is 11.5 Å². The van der Waals surface area contributed by atoms with Gasteiger partial charge in [0.15, 0.2) is 0 Å². The molecule has 0 radical (unpaired) electrons. The first-order chi connectivity index (χ1) is 8.56. The Kier molecular flexibility index (Phi) is 5.29. The standard InChI is InChI=1S/C12H17N3O3/c1-18-7-6-9(13)12(17)15-10-5-3-2-4-8(10)11(14)16/h2-5,9H,6-7,13H2,1H3,(H2,14,16)(H,15,17). The molecule has 1 aromatic rings. The van der Waals surface area contributed by atoms with Crippen molar-refractivity contribution in [1.29, 1.82) is 0 Å². The van der Waals surface area contributed by atoms with Gasteiger partial charge in [0.1, 0.15) is 0 Å². The van der Waals surface area contributed by atoms with Gasteiger partial charge in [-0.2, -0.15) is 0 Å². The number of benzene rings is 1. The zero-order chi connectivity index (χ0) is 13.5. The maximum absolute atomic E-state index is 11.7. The summed E-state index contributed by atoms with van der Waals surface area (Å²) in [4.78, 5) is 22.9. The minimum atomic E-state index is -0.689. The summed E-state index contributed by atoms with van der Waals surface area (Å²) < 4.78 is 4.84. The van der Waals surface area contributed by atoms with E-state index in [1.54, 1.807) is 24.3 Å². The van der Waals surface area contributed by atoms with Gasteiger partial charge in [0.25, 0.3) is 5.91 Å². The molecule has 0 fully saturated rings. The molecule has 0 aliphatic rings. The minimum absolute atomic E-state index is 0.254. The molecule has 1 rings (SSSR count). The van der Waals surface area contributed by atoms with Crippen molar-refractivity contribution in [2.45, 2.75) is 12.5 Å². The van der Waals surface area contributed by atoms with Gasteiger partial charge >= 0.3 is 0 Å². The molecule has 0 heterocycles. The van der Waals surface area contributed by atoms with E-state index < -0.39 is 11.9 Å². The number of primary amides is 1. The molecular formula is C12H17N3O3. The quantitative estimate of drug-likeness (QED) is 0.665. The molecule has 6 nitrogen and oxygen atoms in total. The van der Waals surface area contributed by atoms with Gasteiger partial charge in [-0.25, -0.2) is 0 Å². The number of anilines is 1. The molecule has 1 atom stereocenters. The number of carbonyl (C=O) groups is 2. The Bertz CT molecular complexity index is 434. The highest BCUT2D eigenvalue weighted by Crippen LogP contribution is 2.14. The van der Waals surface area contributed by atoms with Gasteiger partial charge in [-0.15, -0.1) is 0 Å². The zero-order valence-electron chi connectivity index (χ0n) is 10.2. The highest BCUT2D eigenvalue weighted by Gasteiger charge is 2.15.